The van der Waals surface area contributed by atoms with Gasteiger partial charge in [0.1, 0.15) is 5.75 Å². The molecule has 1 aromatic rings. The molecule has 1 heterocycles. The van der Waals surface area contributed by atoms with Crippen molar-refractivity contribution in [3.05, 3.63) is 33.7 Å². The predicted octanol–water partition coefficient (Wildman–Crippen LogP) is 2.15. The highest BCUT2D eigenvalue weighted by molar-refractivity contribution is 8.18. The number of carbonyl (C=O) groups excluding carboxylic acids is 2. The van der Waals surface area contributed by atoms with Crippen LogP contribution in [0.1, 0.15) is 12.5 Å². The highest BCUT2D eigenvalue weighted by atomic mass is 35.5. The summed E-state index contributed by atoms with van der Waals surface area (Å²) < 4.78 is 0. The van der Waals surface area contributed by atoms with Crippen LogP contribution in [-0.2, 0) is 9.59 Å². The second kappa shape index (κ2) is 5.46. The molecule has 0 unspecified atom stereocenters. The number of benzene rings is 1. The van der Waals surface area contributed by atoms with Gasteiger partial charge in [0.2, 0.25) is 5.91 Å². The van der Waals surface area contributed by atoms with E-state index in [1.165, 1.54) is 19.1 Å². The van der Waals surface area contributed by atoms with Gasteiger partial charge in [0.15, 0.2) is 5.17 Å². The van der Waals surface area contributed by atoms with Gasteiger partial charge in [-0.15, -0.1) is 0 Å². The number of thioether (sulfide) groups is 1. The van der Waals surface area contributed by atoms with Crippen molar-refractivity contribution in [3.8, 4) is 5.75 Å². The van der Waals surface area contributed by atoms with E-state index in [1.54, 1.807) is 12.1 Å². The maximum absolute atomic E-state index is 11.6. The normalized spacial score (nSPS) is 16.6. The van der Waals surface area contributed by atoms with E-state index in [1.807, 2.05) is 0 Å². The number of rotatable bonds is 1. The smallest absolute Gasteiger partial charge is 0.286 e. The molecule has 0 radical (unpaired) electrons. The van der Waals surface area contributed by atoms with Crippen molar-refractivity contribution < 1.29 is 14.7 Å². The number of hydrogen-bond acceptors (Lipinski definition) is 4. The standard InChI is InChI=1S/C12H9ClN2O3S/c1-6(16)14-12-15-11(18)10(19-12)5-7-2-3-9(17)8(13)4-7/h2-5,17H,1H3,(H,14,15,16,18)/b10-5-. The molecule has 1 aromatic carbocycles. The van der Waals surface area contributed by atoms with Crippen LogP contribution in [0.15, 0.2) is 28.1 Å². The number of aromatic hydroxyl groups is 1. The number of phenols is 1. The first-order valence-corrected chi connectivity index (χ1v) is 6.44. The molecule has 1 aliphatic heterocycles. The molecule has 0 aliphatic carbocycles. The fraction of sp³-hybridized carbons (Fsp3) is 0.0833. The summed E-state index contributed by atoms with van der Waals surface area (Å²) in [5, 5.41) is 12.2. The number of nitrogens with one attached hydrogen (secondary N) is 1. The number of carbonyl (C=O) groups is 2. The Morgan fingerprint density at radius 1 is 1.53 bits per heavy atom. The van der Waals surface area contributed by atoms with Crippen LogP contribution in [0, 0.1) is 0 Å². The van der Waals surface area contributed by atoms with Gasteiger partial charge in [-0.2, -0.15) is 4.99 Å². The molecule has 0 fully saturated rings. The molecule has 0 bridgehead atoms. The Bertz CT molecular complexity index is 625. The maximum Gasteiger partial charge on any atom is 0.286 e. The fourth-order valence-corrected chi connectivity index (χ4v) is 2.43. The van der Waals surface area contributed by atoms with Gasteiger partial charge in [-0.25, -0.2) is 0 Å². The average Bonchev–Trinajstić information content (AvgIpc) is 2.63. The van der Waals surface area contributed by atoms with Crippen LogP contribution >= 0.6 is 23.4 Å². The van der Waals surface area contributed by atoms with Gasteiger partial charge in [-0.05, 0) is 35.5 Å². The average molecular weight is 297 g/mol. The van der Waals surface area contributed by atoms with E-state index >= 15 is 0 Å². The first-order chi connectivity index (χ1) is 8.95. The van der Waals surface area contributed by atoms with Gasteiger partial charge in [0, 0.05) is 6.92 Å². The van der Waals surface area contributed by atoms with Crippen molar-refractivity contribution in [1.29, 1.82) is 0 Å². The molecular formula is C12H9ClN2O3S. The molecule has 1 aliphatic rings. The summed E-state index contributed by atoms with van der Waals surface area (Å²) in [6, 6.07) is 4.60. The van der Waals surface area contributed by atoms with Gasteiger partial charge in [-0.3, -0.25) is 9.59 Å². The minimum Gasteiger partial charge on any atom is -0.506 e. The van der Waals surface area contributed by atoms with E-state index in [0.29, 0.717) is 10.5 Å². The van der Waals surface area contributed by atoms with E-state index in [2.05, 4.69) is 10.3 Å². The summed E-state index contributed by atoms with van der Waals surface area (Å²) >= 11 is 6.85. The maximum atomic E-state index is 11.6. The number of halogens is 1. The molecule has 2 N–H and O–H groups in total. The van der Waals surface area contributed by atoms with Crippen molar-refractivity contribution >= 4 is 46.4 Å². The summed E-state index contributed by atoms with van der Waals surface area (Å²) in [5.74, 6) is -0.727. The molecule has 0 spiro atoms. The Labute approximate surface area is 118 Å². The molecule has 0 saturated carbocycles. The Morgan fingerprint density at radius 2 is 2.26 bits per heavy atom. The first kappa shape index (κ1) is 13.6. The molecule has 0 aromatic heterocycles. The third-order valence-electron chi connectivity index (χ3n) is 2.17. The van der Waals surface area contributed by atoms with Gasteiger partial charge in [0.25, 0.3) is 5.91 Å². The summed E-state index contributed by atoms with van der Waals surface area (Å²) in [6.07, 6.45) is 1.59. The number of aliphatic imine (C=N–C) groups is 1. The molecule has 0 saturated heterocycles. The van der Waals surface area contributed by atoms with Crippen molar-refractivity contribution in [3.63, 3.8) is 0 Å². The lowest BCUT2D eigenvalue weighted by atomic mass is 10.2. The Hall–Kier alpha value is -1.79. The van der Waals surface area contributed by atoms with E-state index < -0.39 is 5.91 Å². The number of amides is 2. The SMILES string of the molecule is CC(=O)NC1=NC(=O)/C(=C/c2ccc(O)c(Cl)c2)S1. The molecule has 5 nitrogen and oxygen atoms in total. The summed E-state index contributed by atoms with van der Waals surface area (Å²) in [6.45, 7) is 1.34. The largest absolute Gasteiger partial charge is 0.506 e. The Morgan fingerprint density at radius 3 is 2.89 bits per heavy atom. The van der Waals surface area contributed by atoms with Gasteiger partial charge < -0.3 is 10.4 Å². The molecular weight excluding hydrogens is 288 g/mol. The van der Waals surface area contributed by atoms with Crippen LogP contribution in [0.4, 0.5) is 0 Å². The van der Waals surface area contributed by atoms with Crippen LogP contribution in [-0.4, -0.2) is 22.1 Å². The minimum absolute atomic E-state index is 0.0237. The molecule has 7 heteroatoms. The quantitative estimate of drug-likeness (QED) is 0.778. The fourth-order valence-electron chi connectivity index (χ4n) is 1.38. The number of hydrogen-bond donors (Lipinski definition) is 2. The number of nitrogens with zero attached hydrogens (tertiary/aromatic N) is 1. The molecule has 2 amide bonds. The van der Waals surface area contributed by atoms with E-state index in [0.717, 1.165) is 11.8 Å². The Kier molecular flexibility index (Phi) is 3.92. The van der Waals surface area contributed by atoms with Crippen LogP contribution in [0.3, 0.4) is 0 Å². The van der Waals surface area contributed by atoms with Crippen LogP contribution in [0.2, 0.25) is 5.02 Å². The molecule has 19 heavy (non-hydrogen) atoms. The Balaban J connectivity index is 2.20. The van der Waals surface area contributed by atoms with Crippen LogP contribution < -0.4 is 5.32 Å². The molecule has 2 rings (SSSR count). The van der Waals surface area contributed by atoms with Crippen molar-refractivity contribution in [2.75, 3.05) is 0 Å². The zero-order valence-corrected chi connectivity index (χ0v) is 11.4. The molecule has 0 atom stereocenters. The monoisotopic (exact) mass is 296 g/mol. The van der Waals surface area contributed by atoms with Gasteiger partial charge >= 0.3 is 0 Å². The zero-order valence-electron chi connectivity index (χ0n) is 9.81. The lowest BCUT2D eigenvalue weighted by Gasteiger charge is -2.00. The first-order valence-electron chi connectivity index (χ1n) is 5.24. The highest BCUT2D eigenvalue weighted by Gasteiger charge is 2.22. The van der Waals surface area contributed by atoms with E-state index in [4.69, 9.17) is 11.6 Å². The van der Waals surface area contributed by atoms with E-state index in [9.17, 15) is 14.7 Å². The predicted molar refractivity (Wildman–Crippen MR) is 74.9 cm³/mol. The number of amidine groups is 1. The number of phenolic OH excluding ortho intramolecular Hbond substituents is 1. The van der Waals surface area contributed by atoms with Crippen molar-refractivity contribution in [2.24, 2.45) is 4.99 Å². The second-order valence-electron chi connectivity index (χ2n) is 3.72. The minimum atomic E-state index is -0.419. The van der Waals surface area contributed by atoms with Crippen LogP contribution in [0.5, 0.6) is 5.75 Å². The van der Waals surface area contributed by atoms with Gasteiger partial charge in [0.05, 0.1) is 9.93 Å². The highest BCUT2D eigenvalue weighted by Crippen LogP contribution is 2.30. The summed E-state index contributed by atoms with van der Waals surface area (Å²) in [5.41, 5.74) is 0.665. The lowest BCUT2D eigenvalue weighted by Crippen LogP contribution is -2.23. The topological polar surface area (TPSA) is 78.8 Å². The van der Waals surface area contributed by atoms with Crippen molar-refractivity contribution in [2.45, 2.75) is 6.92 Å². The third-order valence-corrected chi connectivity index (χ3v) is 3.37. The van der Waals surface area contributed by atoms with Gasteiger partial charge in [-0.1, -0.05) is 17.7 Å². The van der Waals surface area contributed by atoms with Crippen LogP contribution in [0.25, 0.3) is 6.08 Å². The summed E-state index contributed by atoms with van der Waals surface area (Å²) in [7, 11) is 0. The lowest BCUT2D eigenvalue weighted by molar-refractivity contribution is -0.117. The second-order valence-corrected chi connectivity index (χ2v) is 5.16. The van der Waals surface area contributed by atoms with Crippen molar-refractivity contribution in [1.82, 2.24) is 5.32 Å². The summed E-state index contributed by atoms with van der Waals surface area (Å²) in [4.78, 5) is 26.6. The van der Waals surface area contributed by atoms with E-state index in [-0.39, 0.29) is 21.8 Å². The zero-order chi connectivity index (χ0) is 14.0. The molecule has 98 valence electrons. The third kappa shape index (κ3) is 3.36.